The number of carbonyl (C=O) groups is 1. The molecule has 2 aliphatic rings. The molecule has 0 saturated carbocycles. The molecule has 0 unspecified atom stereocenters. The Morgan fingerprint density at radius 3 is 2.58 bits per heavy atom. The molecule has 2 atom stereocenters. The van der Waals surface area contributed by atoms with Crippen LogP contribution in [-0.4, -0.2) is 28.5 Å². The van der Waals surface area contributed by atoms with E-state index < -0.39 is 5.63 Å². The summed E-state index contributed by atoms with van der Waals surface area (Å²) in [6.07, 6.45) is 3.30. The van der Waals surface area contributed by atoms with Crippen molar-refractivity contribution in [2.24, 2.45) is 5.92 Å². The first kappa shape index (κ1) is 24.6. The van der Waals surface area contributed by atoms with Gasteiger partial charge in [-0.15, -0.1) is 0 Å². The minimum atomic E-state index is -0.404. The zero-order valence-corrected chi connectivity index (χ0v) is 22.6. The van der Waals surface area contributed by atoms with E-state index in [4.69, 9.17) is 8.83 Å². The Balaban J connectivity index is 1.18. The minimum absolute atomic E-state index is 0.0318. The van der Waals surface area contributed by atoms with Crippen molar-refractivity contribution < 1.29 is 13.6 Å². The van der Waals surface area contributed by atoms with Gasteiger partial charge in [0.25, 0.3) is 5.56 Å². The van der Waals surface area contributed by atoms with Gasteiger partial charge in [-0.05, 0) is 55.9 Å². The maximum absolute atomic E-state index is 13.4. The van der Waals surface area contributed by atoms with E-state index in [2.05, 4.69) is 0 Å². The molecule has 0 radical (unpaired) electrons. The number of hydrogen-bond donors (Lipinski definition) is 0. The van der Waals surface area contributed by atoms with Crippen molar-refractivity contribution in [3.8, 4) is 11.1 Å². The zero-order chi connectivity index (χ0) is 27.5. The number of hydrogen-bond acceptors (Lipinski definition) is 5. The van der Waals surface area contributed by atoms with E-state index in [1.807, 2.05) is 65.8 Å². The number of aryl methyl sites for hydroxylation is 2. The summed E-state index contributed by atoms with van der Waals surface area (Å²) in [5, 5.41) is 1.83. The number of fused-ring (bicyclic) bond motifs is 6. The Kier molecular flexibility index (Phi) is 5.77. The Morgan fingerprint density at radius 1 is 0.925 bits per heavy atom. The van der Waals surface area contributed by atoms with Gasteiger partial charge in [-0.2, -0.15) is 0 Å². The van der Waals surface area contributed by atoms with Crippen LogP contribution in [0.15, 0.2) is 79.3 Å². The number of amides is 1. The SMILES string of the molecule is Cc1c(CCC(=O)N2C[C@@H]3C[C@@H](C2)c2cccc(=O)n2C3)c(=O)oc2c(C)c3occ(-c4ccccc4)c3cc12. The molecule has 3 aromatic heterocycles. The van der Waals surface area contributed by atoms with Crippen molar-refractivity contribution in [1.82, 2.24) is 9.47 Å². The Labute approximate surface area is 230 Å². The number of rotatable bonds is 4. The third-order valence-electron chi connectivity index (χ3n) is 8.85. The fraction of sp³-hybridized carbons (Fsp3) is 0.303. The fourth-order valence-corrected chi connectivity index (χ4v) is 6.82. The van der Waals surface area contributed by atoms with Gasteiger partial charge in [0.1, 0.15) is 11.2 Å². The number of piperidine rings is 1. The lowest BCUT2D eigenvalue weighted by molar-refractivity contribution is -0.133. The lowest BCUT2D eigenvalue weighted by atomic mass is 9.83. The Morgan fingerprint density at radius 2 is 1.75 bits per heavy atom. The summed E-state index contributed by atoms with van der Waals surface area (Å²) in [5.41, 5.74) is 6.09. The quantitative estimate of drug-likeness (QED) is 0.282. The second-order valence-corrected chi connectivity index (χ2v) is 11.3. The summed E-state index contributed by atoms with van der Waals surface area (Å²) < 4.78 is 13.6. The van der Waals surface area contributed by atoms with Crippen LogP contribution in [-0.2, 0) is 17.8 Å². The molecule has 40 heavy (non-hydrogen) atoms. The van der Waals surface area contributed by atoms with E-state index in [9.17, 15) is 14.4 Å². The summed E-state index contributed by atoms with van der Waals surface area (Å²) >= 11 is 0. The second kappa shape index (κ2) is 9.37. The number of furan rings is 1. The zero-order valence-electron chi connectivity index (χ0n) is 22.6. The van der Waals surface area contributed by atoms with Gasteiger partial charge in [0.15, 0.2) is 0 Å². The van der Waals surface area contributed by atoms with Gasteiger partial charge in [-0.1, -0.05) is 36.4 Å². The highest BCUT2D eigenvalue weighted by atomic mass is 16.4. The summed E-state index contributed by atoms with van der Waals surface area (Å²) in [5.74, 6) is 0.465. The molecule has 2 bridgehead atoms. The van der Waals surface area contributed by atoms with Gasteiger partial charge < -0.3 is 18.3 Å². The van der Waals surface area contributed by atoms with Crippen LogP contribution in [0.1, 0.15) is 41.1 Å². The van der Waals surface area contributed by atoms with Crippen LogP contribution in [0.25, 0.3) is 33.1 Å². The third kappa shape index (κ3) is 3.91. The van der Waals surface area contributed by atoms with Gasteiger partial charge in [0.2, 0.25) is 5.91 Å². The molecule has 5 aromatic rings. The molecular formula is C33H30N2O5. The molecule has 1 fully saturated rings. The van der Waals surface area contributed by atoms with Gasteiger partial charge in [0, 0.05) is 71.2 Å². The van der Waals surface area contributed by atoms with E-state index in [1.54, 1.807) is 18.4 Å². The molecule has 7 nitrogen and oxygen atoms in total. The lowest BCUT2D eigenvalue weighted by Gasteiger charge is -2.42. The fourth-order valence-electron chi connectivity index (χ4n) is 6.82. The van der Waals surface area contributed by atoms with E-state index in [-0.39, 0.29) is 29.7 Å². The van der Waals surface area contributed by atoms with E-state index >= 15 is 0 Å². The number of carbonyl (C=O) groups excluding carboxylic acids is 1. The molecule has 5 heterocycles. The van der Waals surface area contributed by atoms with Crippen molar-refractivity contribution in [2.45, 2.75) is 45.6 Å². The lowest BCUT2D eigenvalue weighted by Crippen LogP contribution is -2.49. The Hall–Kier alpha value is -4.39. The molecule has 7 heteroatoms. The number of aromatic nitrogens is 1. The number of benzene rings is 2. The smallest absolute Gasteiger partial charge is 0.339 e. The molecule has 0 N–H and O–H groups in total. The van der Waals surface area contributed by atoms with Crippen molar-refractivity contribution in [3.63, 3.8) is 0 Å². The van der Waals surface area contributed by atoms with Crippen LogP contribution in [0.4, 0.5) is 0 Å². The van der Waals surface area contributed by atoms with E-state index in [1.165, 1.54) is 0 Å². The van der Waals surface area contributed by atoms with Crippen LogP contribution < -0.4 is 11.2 Å². The summed E-state index contributed by atoms with van der Waals surface area (Å²) in [6, 6.07) is 17.5. The molecule has 1 amide bonds. The van der Waals surface area contributed by atoms with Gasteiger partial charge >= 0.3 is 5.63 Å². The first-order valence-corrected chi connectivity index (χ1v) is 13.9. The van der Waals surface area contributed by atoms with Crippen LogP contribution in [0.3, 0.4) is 0 Å². The first-order valence-electron chi connectivity index (χ1n) is 13.9. The second-order valence-electron chi connectivity index (χ2n) is 11.3. The molecule has 7 rings (SSSR count). The van der Waals surface area contributed by atoms with Crippen LogP contribution in [0.5, 0.6) is 0 Å². The van der Waals surface area contributed by atoms with Crippen molar-refractivity contribution in [2.75, 3.05) is 13.1 Å². The molecule has 2 aromatic carbocycles. The van der Waals surface area contributed by atoms with Crippen molar-refractivity contribution in [1.29, 1.82) is 0 Å². The third-order valence-corrected chi connectivity index (χ3v) is 8.85. The van der Waals surface area contributed by atoms with Crippen molar-refractivity contribution in [3.05, 3.63) is 104 Å². The normalized spacial score (nSPS) is 18.3. The topological polar surface area (TPSA) is 85.7 Å². The molecule has 0 spiro atoms. The Bertz CT molecular complexity index is 1910. The highest BCUT2D eigenvalue weighted by molar-refractivity contribution is 6.04. The predicted octanol–water partition coefficient (Wildman–Crippen LogP) is 5.56. The predicted molar refractivity (Wildman–Crippen MR) is 154 cm³/mol. The molecular weight excluding hydrogens is 504 g/mol. The summed E-state index contributed by atoms with van der Waals surface area (Å²) in [4.78, 5) is 40.8. The summed E-state index contributed by atoms with van der Waals surface area (Å²) in [6.45, 7) is 5.74. The maximum atomic E-state index is 13.4. The van der Waals surface area contributed by atoms with Crippen LogP contribution >= 0.6 is 0 Å². The van der Waals surface area contributed by atoms with Gasteiger partial charge in [0.05, 0.1) is 6.26 Å². The number of likely N-dealkylation sites (tertiary alicyclic amines) is 1. The van der Waals surface area contributed by atoms with E-state index in [0.717, 1.165) is 45.1 Å². The number of pyridine rings is 1. The maximum Gasteiger partial charge on any atom is 0.339 e. The standard InChI is InChI=1S/C33H30N2O5/c1-19-24(11-12-29(36)34-15-21-13-23(17-34)28-9-6-10-30(37)35(28)16-21)33(38)40-32-20(2)31-26(14-25(19)32)27(18-39-31)22-7-4-3-5-8-22/h3-10,14,18,21,23H,11-13,15-17H2,1-2H3/t21-,23-/m0/s1. The molecule has 0 aliphatic carbocycles. The minimum Gasteiger partial charge on any atom is -0.463 e. The average Bonchev–Trinajstić information content (AvgIpc) is 3.39. The highest BCUT2D eigenvalue weighted by Crippen LogP contribution is 2.38. The van der Waals surface area contributed by atoms with Gasteiger partial charge in [-0.3, -0.25) is 9.59 Å². The van der Waals surface area contributed by atoms with Crippen molar-refractivity contribution >= 4 is 27.8 Å². The van der Waals surface area contributed by atoms with Gasteiger partial charge in [-0.25, -0.2) is 4.79 Å². The monoisotopic (exact) mass is 534 g/mol. The molecule has 1 saturated heterocycles. The molecule has 202 valence electrons. The molecule has 2 aliphatic heterocycles. The van der Waals surface area contributed by atoms with Crippen LogP contribution in [0.2, 0.25) is 0 Å². The highest BCUT2D eigenvalue weighted by Gasteiger charge is 2.36. The van der Waals surface area contributed by atoms with Crippen LogP contribution in [0, 0.1) is 19.8 Å². The average molecular weight is 535 g/mol. The number of nitrogens with zero attached hydrogens (tertiary/aromatic N) is 2. The largest absolute Gasteiger partial charge is 0.463 e. The first-order chi connectivity index (χ1) is 19.4. The van der Waals surface area contributed by atoms with E-state index in [0.29, 0.717) is 42.8 Å². The summed E-state index contributed by atoms with van der Waals surface area (Å²) in [7, 11) is 0.